The number of nitrogens with one attached hydrogen (secondary N) is 3. The Morgan fingerprint density at radius 3 is 2.26 bits per heavy atom. The van der Waals surface area contributed by atoms with E-state index < -0.39 is 42.0 Å². The first-order valence-electron chi connectivity index (χ1n) is 12.3. The lowest BCUT2D eigenvalue weighted by Gasteiger charge is -2.28. The van der Waals surface area contributed by atoms with E-state index in [2.05, 4.69) is 22.9 Å². The van der Waals surface area contributed by atoms with Crippen LogP contribution in [-0.2, 0) is 30.3 Å². The number of hydrogen-bond donors (Lipinski definition) is 3. The third kappa shape index (κ3) is 8.15. The molecule has 1 fully saturated rings. The zero-order chi connectivity index (χ0) is 25.3. The molecule has 3 amide bonds. The molecule has 0 saturated carbocycles. The molecule has 8 heteroatoms. The summed E-state index contributed by atoms with van der Waals surface area (Å²) >= 11 is 0. The molecule has 1 aliphatic heterocycles. The van der Waals surface area contributed by atoms with Gasteiger partial charge in [0.15, 0.2) is 0 Å². The number of benzene rings is 1. The van der Waals surface area contributed by atoms with Gasteiger partial charge in [0.2, 0.25) is 17.7 Å². The van der Waals surface area contributed by atoms with Gasteiger partial charge in [-0.3, -0.25) is 14.4 Å². The van der Waals surface area contributed by atoms with Crippen LogP contribution < -0.4 is 16.0 Å². The maximum atomic E-state index is 13.1. The number of cyclic esters (lactones) is 1. The summed E-state index contributed by atoms with van der Waals surface area (Å²) in [6.07, 6.45) is 2.29. The average Bonchev–Trinajstić information content (AvgIpc) is 2.79. The number of unbranched alkanes of at least 4 members (excludes halogenated alkanes) is 1. The Labute approximate surface area is 202 Å². The van der Waals surface area contributed by atoms with Crippen molar-refractivity contribution in [3.8, 4) is 0 Å². The summed E-state index contributed by atoms with van der Waals surface area (Å²) in [5.74, 6) is -2.15. The molecule has 0 spiro atoms. The van der Waals surface area contributed by atoms with Gasteiger partial charge in [0, 0.05) is 6.42 Å². The molecule has 1 heterocycles. The van der Waals surface area contributed by atoms with Crippen molar-refractivity contribution in [1.29, 1.82) is 0 Å². The van der Waals surface area contributed by atoms with E-state index in [-0.39, 0.29) is 30.6 Å². The first kappa shape index (κ1) is 27.3. The van der Waals surface area contributed by atoms with Crippen molar-refractivity contribution in [2.75, 3.05) is 0 Å². The third-order valence-electron chi connectivity index (χ3n) is 6.21. The van der Waals surface area contributed by atoms with Crippen LogP contribution in [-0.4, -0.2) is 47.9 Å². The van der Waals surface area contributed by atoms with E-state index in [1.54, 1.807) is 6.92 Å². The lowest BCUT2D eigenvalue weighted by molar-refractivity contribution is -0.158. The molecule has 1 aromatic carbocycles. The molecule has 0 radical (unpaired) electrons. The van der Waals surface area contributed by atoms with E-state index in [0.29, 0.717) is 0 Å². The Morgan fingerprint density at radius 2 is 1.65 bits per heavy atom. The Morgan fingerprint density at radius 1 is 0.971 bits per heavy atom. The molecule has 5 atom stereocenters. The third-order valence-corrected chi connectivity index (χ3v) is 6.21. The monoisotopic (exact) mass is 473 g/mol. The summed E-state index contributed by atoms with van der Waals surface area (Å²) in [4.78, 5) is 51.9. The largest absolute Gasteiger partial charge is 0.460 e. The minimum Gasteiger partial charge on any atom is -0.460 e. The van der Waals surface area contributed by atoms with Gasteiger partial charge >= 0.3 is 5.97 Å². The molecule has 0 aromatic heterocycles. The van der Waals surface area contributed by atoms with E-state index in [1.807, 2.05) is 51.1 Å². The summed E-state index contributed by atoms with van der Waals surface area (Å²) in [5.41, 5.74) is 0.878. The number of hydrogen-bond acceptors (Lipinski definition) is 5. The Hall–Kier alpha value is -2.90. The van der Waals surface area contributed by atoms with Crippen LogP contribution in [0.2, 0.25) is 0 Å². The SMILES string of the molecule is CCCCC(C)C1CC(=O)N[C@@H](Cc2ccccc2)C(=O)N[C@@H](C)C(=O)NC(C(C)C)C(=O)O1. The Bertz CT molecular complexity index is 842. The normalized spacial score (nSPS) is 25.7. The molecule has 34 heavy (non-hydrogen) atoms. The number of carbonyl (C=O) groups excluding carboxylic acids is 4. The Balaban J connectivity index is 2.35. The summed E-state index contributed by atoms with van der Waals surface area (Å²) in [6.45, 7) is 9.20. The second-order valence-corrected chi connectivity index (χ2v) is 9.57. The van der Waals surface area contributed by atoms with Gasteiger partial charge in [-0.2, -0.15) is 0 Å². The van der Waals surface area contributed by atoms with Crippen LogP contribution >= 0.6 is 0 Å². The molecule has 188 valence electrons. The zero-order valence-electron chi connectivity index (χ0n) is 20.9. The van der Waals surface area contributed by atoms with Gasteiger partial charge < -0.3 is 20.7 Å². The molecular weight excluding hydrogens is 434 g/mol. The van der Waals surface area contributed by atoms with Crippen molar-refractivity contribution in [2.24, 2.45) is 11.8 Å². The van der Waals surface area contributed by atoms with E-state index >= 15 is 0 Å². The molecule has 8 nitrogen and oxygen atoms in total. The lowest BCUT2D eigenvalue weighted by atomic mass is 9.94. The number of esters is 1. The highest BCUT2D eigenvalue weighted by Crippen LogP contribution is 2.20. The number of amides is 3. The lowest BCUT2D eigenvalue weighted by Crippen LogP contribution is -2.55. The quantitative estimate of drug-likeness (QED) is 0.527. The predicted molar refractivity (Wildman–Crippen MR) is 130 cm³/mol. The van der Waals surface area contributed by atoms with Crippen LogP contribution in [0.25, 0.3) is 0 Å². The first-order chi connectivity index (χ1) is 16.1. The maximum Gasteiger partial charge on any atom is 0.329 e. The molecule has 0 bridgehead atoms. The van der Waals surface area contributed by atoms with E-state index in [1.165, 1.54) is 0 Å². The van der Waals surface area contributed by atoms with Crippen LogP contribution in [0.5, 0.6) is 0 Å². The fourth-order valence-corrected chi connectivity index (χ4v) is 3.94. The van der Waals surface area contributed by atoms with E-state index in [4.69, 9.17) is 4.74 Å². The fraction of sp³-hybridized carbons (Fsp3) is 0.615. The van der Waals surface area contributed by atoms with Crippen LogP contribution in [0.1, 0.15) is 65.9 Å². The van der Waals surface area contributed by atoms with E-state index in [0.717, 1.165) is 24.8 Å². The molecule has 3 N–H and O–H groups in total. The molecular formula is C26H39N3O5. The standard InChI is InChI=1S/C26H39N3O5/c1-6-7-11-17(4)21-15-22(30)28-20(14-19-12-9-8-10-13-19)25(32)27-18(5)24(31)29-23(16(2)3)26(33)34-21/h8-10,12-13,16-18,20-21,23H,6-7,11,14-15H2,1-5H3,(H,27,32)(H,28,30)(H,29,31)/t17?,18-,20-,21?,23?/m0/s1. The first-order valence-corrected chi connectivity index (χ1v) is 12.3. The minimum atomic E-state index is -0.892. The van der Waals surface area contributed by atoms with Gasteiger partial charge in [0.1, 0.15) is 24.2 Å². The van der Waals surface area contributed by atoms with Gasteiger partial charge in [-0.15, -0.1) is 0 Å². The molecule has 1 aromatic rings. The highest BCUT2D eigenvalue weighted by atomic mass is 16.5. The number of rotatable bonds is 7. The summed E-state index contributed by atoms with van der Waals surface area (Å²) in [5, 5.41) is 8.20. The second kappa shape index (κ2) is 13.1. The molecule has 0 aliphatic carbocycles. The van der Waals surface area contributed by atoms with Crippen molar-refractivity contribution < 1.29 is 23.9 Å². The zero-order valence-corrected chi connectivity index (χ0v) is 20.9. The van der Waals surface area contributed by atoms with Crippen molar-refractivity contribution in [3.63, 3.8) is 0 Å². The maximum absolute atomic E-state index is 13.1. The van der Waals surface area contributed by atoms with Crippen molar-refractivity contribution in [3.05, 3.63) is 35.9 Å². The predicted octanol–water partition coefficient (Wildman–Crippen LogP) is 2.50. The molecule has 3 unspecified atom stereocenters. The van der Waals surface area contributed by atoms with Crippen molar-refractivity contribution in [1.82, 2.24) is 16.0 Å². The molecule has 1 aliphatic rings. The van der Waals surface area contributed by atoms with E-state index in [9.17, 15) is 19.2 Å². The van der Waals surface area contributed by atoms with Crippen molar-refractivity contribution >= 4 is 23.7 Å². The van der Waals surface area contributed by atoms with Gasteiger partial charge in [-0.05, 0) is 30.7 Å². The molecule has 1 saturated heterocycles. The fourth-order valence-electron chi connectivity index (χ4n) is 3.94. The summed E-state index contributed by atoms with van der Waals surface area (Å²) in [7, 11) is 0. The second-order valence-electron chi connectivity index (χ2n) is 9.57. The average molecular weight is 474 g/mol. The van der Waals surface area contributed by atoms with Crippen LogP contribution in [0.3, 0.4) is 0 Å². The van der Waals surface area contributed by atoms with Gasteiger partial charge in [-0.25, -0.2) is 4.79 Å². The Kier molecular flexibility index (Phi) is 10.5. The smallest absolute Gasteiger partial charge is 0.329 e. The highest BCUT2D eigenvalue weighted by Gasteiger charge is 2.34. The minimum absolute atomic E-state index is 0.0521. The highest BCUT2D eigenvalue weighted by molar-refractivity contribution is 5.94. The summed E-state index contributed by atoms with van der Waals surface area (Å²) < 4.78 is 5.81. The van der Waals surface area contributed by atoms with Crippen molar-refractivity contribution in [2.45, 2.75) is 91.0 Å². The van der Waals surface area contributed by atoms with Gasteiger partial charge in [0.05, 0.1) is 6.42 Å². The summed E-state index contributed by atoms with van der Waals surface area (Å²) in [6, 6.07) is 6.72. The van der Waals surface area contributed by atoms with Crippen LogP contribution in [0.4, 0.5) is 0 Å². The van der Waals surface area contributed by atoms with Gasteiger partial charge in [0.25, 0.3) is 0 Å². The van der Waals surface area contributed by atoms with Gasteiger partial charge in [-0.1, -0.05) is 70.9 Å². The molecule has 2 rings (SSSR count). The number of carbonyl (C=O) groups is 4. The van der Waals surface area contributed by atoms with Crippen LogP contribution in [0, 0.1) is 11.8 Å². The number of ether oxygens (including phenoxy) is 1. The van der Waals surface area contributed by atoms with Crippen LogP contribution in [0.15, 0.2) is 30.3 Å². The topological polar surface area (TPSA) is 114 Å².